The van der Waals surface area contributed by atoms with E-state index in [1.807, 2.05) is 0 Å². The molecule has 1 atom stereocenters. The zero-order chi connectivity index (χ0) is 10.5. The number of nitrogens with zero attached hydrogens (tertiary/aromatic N) is 1. The van der Waals surface area contributed by atoms with Gasteiger partial charge in [-0.3, -0.25) is 0 Å². The van der Waals surface area contributed by atoms with Crippen molar-refractivity contribution in [2.75, 3.05) is 19.6 Å². The lowest BCUT2D eigenvalue weighted by Crippen LogP contribution is -2.35. The first-order valence-corrected chi connectivity index (χ1v) is 6.11. The lowest BCUT2D eigenvalue weighted by molar-refractivity contribution is 0.186. The smallest absolute Gasteiger partial charge is 0.00219 e. The van der Waals surface area contributed by atoms with E-state index in [2.05, 4.69) is 42.2 Å². The topological polar surface area (TPSA) is 3.24 Å². The van der Waals surface area contributed by atoms with Crippen molar-refractivity contribution in [1.82, 2.24) is 4.90 Å². The van der Waals surface area contributed by atoms with Crippen LogP contribution in [0.5, 0.6) is 0 Å². The van der Waals surface area contributed by atoms with Crippen LogP contribution in [-0.2, 0) is 6.42 Å². The normalized spacial score (nSPS) is 22.9. The molecule has 0 bridgehead atoms. The number of likely N-dealkylation sites (tertiary alicyclic amines) is 1. The summed E-state index contributed by atoms with van der Waals surface area (Å²) in [5.41, 5.74) is 1.47. The van der Waals surface area contributed by atoms with Crippen molar-refractivity contribution in [2.45, 2.75) is 26.2 Å². The Morgan fingerprint density at radius 1 is 1.27 bits per heavy atom. The first-order chi connectivity index (χ1) is 7.34. The highest BCUT2D eigenvalue weighted by atomic mass is 15.1. The molecule has 1 aromatic rings. The van der Waals surface area contributed by atoms with Gasteiger partial charge in [-0.1, -0.05) is 37.3 Å². The average Bonchev–Trinajstić information content (AvgIpc) is 2.28. The second kappa shape index (κ2) is 5.32. The van der Waals surface area contributed by atoms with Crippen molar-refractivity contribution in [3.05, 3.63) is 35.9 Å². The summed E-state index contributed by atoms with van der Waals surface area (Å²) in [5, 5.41) is 0. The van der Waals surface area contributed by atoms with Crippen LogP contribution < -0.4 is 0 Å². The van der Waals surface area contributed by atoms with Gasteiger partial charge in [0.1, 0.15) is 0 Å². The predicted molar refractivity (Wildman–Crippen MR) is 65.0 cm³/mol. The van der Waals surface area contributed by atoms with Crippen LogP contribution in [0.15, 0.2) is 30.3 Å². The average molecular weight is 203 g/mol. The van der Waals surface area contributed by atoms with Gasteiger partial charge in [0.05, 0.1) is 0 Å². The second-order valence-corrected chi connectivity index (χ2v) is 4.78. The van der Waals surface area contributed by atoms with E-state index in [4.69, 9.17) is 0 Å². The van der Waals surface area contributed by atoms with Crippen LogP contribution in [0.2, 0.25) is 0 Å². The van der Waals surface area contributed by atoms with Crippen molar-refractivity contribution in [1.29, 1.82) is 0 Å². The molecule has 1 heterocycles. The highest BCUT2D eigenvalue weighted by Crippen LogP contribution is 2.15. The molecule has 82 valence electrons. The summed E-state index contributed by atoms with van der Waals surface area (Å²) in [6.07, 6.45) is 4.01. The summed E-state index contributed by atoms with van der Waals surface area (Å²) in [4.78, 5) is 2.61. The van der Waals surface area contributed by atoms with Gasteiger partial charge in [0.25, 0.3) is 0 Å². The van der Waals surface area contributed by atoms with Crippen molar-refractivity contribution in [2.24, 2.45) is 5.92 Å². The minimum absolute atomic E-state index is 0.898. The fourth-order valence-corrected chi connectivity index (χ4v) is 2.42. The van der Waals surface area contributed by atoms with Crippen LogP contribution in [0.3, 0.4) is 0 Å². The van der Waals surface area contributed by atoms with Crippen molar-refractivity contribution >= 4 is 0 Å². The molecule has 15 heavy (non-hydrogen) atoms. The summed E-state index contributed by atoms with van der Waals surface area (Å²) in [6.45, 7) is 6.20. The summed E-state index contributed by atoms with van der Waals surface area (Å²) in [7, 11) is 0. The third-order valence-corrected chi connectivity index (χ3v) is 3.30. The molecule has 0 aromatic heterocycles. The van der Waals surface area contributed by atoms with Gasteiger partial charge in [-0.2, -0.15) is 0 Å². The molecule has 1 aliphatic heterocycles. The molecular formula is C14H21N. The Balaban J connectivity index is 1.78. The maximum absolute atomic E-state index is 2.61. The Morgan fingerprint density at radius 2 is 2.07 bits per heavy atom. The zero-order valence-electron chi connectivity index (χ0n) is 9.65. The Hall–Kier alpha value is -0.820. The van der Waals surface area contributed by atoms with Crippen molar-refractivity contribution < 1.29 is 0 Å². The Bertz CT molecular complexity index is 281. The minimum atomic E-state index is 0.898. The standard InChI is InChI=1S/C14H21N/c1-13-6-5-10-15(12-13)11-9-14-7-3-2-4-8-14/h2-4,7-8,13H,5-6,9-12H2,1H3. The second-order valence-electron chi connectivity index (χ2n) is 4.78. The molecule has 1 heteroatoms. The van der Waals surface area contributed by atoms with Gasteiger partial charge in [-0.15, -0.1) is 0 Å². The lowest BCUT2D eigenvalue weighted by Gasteiger charge is -2.30. The fourth-order valence-electron chi connectivity index (χ4n) is 2.42. The molecule has 0 amide bonds. The Morgan fingerprint density at radius 3 is 2.80 bits per heavy atom. The van der Waals surface area contributed by atoms with E-state index in [9.17, 15) is 0 Å². The van der Waals surface area contributed by atoms with Crippen LogP contribution >= 0.6 is 0 Å². The number of piperidine rings is 1. The van der Waals surface area contributed by atoms with Crippen LogP contribution in [0, 0.1) is 5.92 Å². The van der Waals surface area contributed by atoms with E-state index < -0.39 is 0 Å². The highest BCUT2D eigenvalue weighted by Gasteiger charge is 2.15. The van der Waals surface area contributed by atoms with Gasteiger partial charge in [0, 0.05) is 13.1 Å². The quantitative estimate of drug-likeness (QED) is 0.730. The molecule has 1 unspecified atom stereocenters. The van der Waals surface area contributed by atoms with E-state index in [-0.39, 0.29) is 0 Å². The first-order valence-electron chi connectivity index (χ1n) is 6.11. The molecule has 1 nitrogen and oxygen atoms in total. The monoisotopic (exact) mass is 203 g/mol. The Kier molecular flexibility index (Phi) is 3.79. The van der Waals surface area contributed by atoms with Gasteiger partial charge >= 0.3 is 0 Å². The number of rotatable bonds is 3. The van der Waals surface area contributed by atoms with E-state index >= 15 is 0 Å². The lowest BCUT2D eigenvalue weighted by atomic mass is 10.00. The summed E-state index contributed by atoms with van der Waals surface area (Å²) in [6, 6.07) is 10.8. The van der Waals surface area contributed by atoms with Crippen LogP contribution in [0.25, 0.3) is 0 Å². The molecular weight excluding hydrogens is 182 g/mol. The maximum Gasteiger partial charge on any atom is 0.00219 e. The van der Waals surface area contributed by atoms with Gasteiger partial charge in [0.15, 0.2) is 0 Å². The molecule has 0 N–H and O–H groups in total. The molecule has 0 saturated carbocycles. The van der Waals surface area contributed by atoms with Crippen molar-refractivity contribution in [3.63, 3.8) is 0 Å². The number of benzene rings is 1. The van der Waals surface area contributed by atoms with Crippen LogP contribution in [-0.4, -0.2) is 24.5 Å². The fraction of sp³-hybridized carbons (Fsp3) is 0.571. The largest absolute Gasteiger partial charge is 0.303 e. The van der Waals surface area contributed by atoms with Gasteiger partial charge in [-0.25, -0.2) is 0 Å². The van der Waals surface area contributed by atoms with Crippen molar-refractivity contribution in [3.8, 4) is 0 Å². The summed E-state index contributed by atoms with van der Waals surface area (Å²) < 4.78 is 0. The molecule has 1 aromatic carbocycles. The molecule has 1 saturated heterocycles. The van der Waals surface area contributed by atoms with E-state index in [1.54, 1.807) is 0 Å². The molecule has 2 rings (SSSR count). The van der Waals surface area contributed by atoms with E-state index in [0.29, 0.717) is 0 Å². The van der Waals surface area contributed by atoms with Crippen LogP contribution in [0.1, 0.15) is 25.3 Å². The van der Waals surface area contributed by atoms with E-state index in [1.165, 1.54) is 44.5 Å². The Labute approximate surface area is 93.1 Å². The molecule has 1 fully saturated rings. The minimum Gasteiger partial charge on any atom is -0.303 e. The molecule has 0 aliphatic carbocycles. The molecule has 0 radical (unpaired) electrons. The SMILES string of the molecule is CC1CCCN(CCc2ccccc2)C1. The zero-order valence-corrected chi connectivity index (χ0v) is 9.65. The summed E-state index contributed by atoms with van der Waals surface area (Å²) in [5.74, 6) is 0.898. The summed E-state index contributed by atoms with van der Waals surface area (Å²) >= 11 is 0. The third-order valence-electron chi connectivity index (χ3n) is 3.30. The molecule has 0 spiro atoms. The number of hydrogen-bond donors (Lipinski definition) is 0. The third kappa shape index (κ3) is 3.35. The van der Waals surface area contributed by atoms with Crippen LogP contribution in [0.4, 0.5) is 0 Å². The van der Waals surface area contributed by atoms with E-state index in [0.717, 1.165) is 5.92 Å². The highest BCUT2D eigenvalue weighted by molar-refractivity contribution is 5.14. The van der Waals surface area contributed by atoms with Gasteiger partial charge in [-0.05, 0) is 37.3 Å². The van der Waals surface area contributed by atoms with Gasteiger partial charge in [0.2, 0.25) is 0 Å². The predicted octanol–water partition coefficient (Wildman–Crippen LogP) is 2.96. The number of hydrogen-bond acceptors (Lipinski definition) is 1. The maximum atomic E-state index is 2.61. The van der Waals surface area contributed by atoms with Gasteiger partial charge < -0.3 is 4.90 Å². The molecule has 1 aliphatic rings. The first kappa shape index (κ1) is 10.7.